The minimum Gasteiger partial charge on any atom is -0.388 e. The molecule has 0 aliphatic carbocycles. The summed E-state index contributed by atoms with van der Waals surface area (Å²) >= 11 is 0. The van der Waals surface area contributed by atoms with Crippen LogP contribution in [0.2, 0.25) is 0 Å². The Morgan fingerprint density at radius 1 is 1.43 bits per heavy atom. The molecule has 6 heteroatoms. The van der Waals surface area contributed by atoms with Gasteiger partial charge < -0.3 is 4.74 Å². The van der Waals surface area contributed by atoms with Crippen LogP contribution < -0.4 is 4.74 Å². The number of aromatic nitrogens is 1. The molecule has 0 radical (unpaired) electrons. The molecule has 2 nitrogen and oxygen atoms in total. The standard InChI is InChI=1S/C8H7F4NO/c1-5-2-7(14-8(10,11)12)13-4-6(5)3-9/h2,4H,3H2,1H3. The molecule has 0 unspecified atom stereocenters. The Morgan fingerprint density at radius 3 is 2.50 bits per heavy atom. The van der Waals surface area contributed by atoms with Crippen molar-refractivity contribution in [2.75, 3.05) is 0 Å². The molecule has 1 heterocycles. The molecule has 0 amide bonds. The zero-order valence-electron chi connectivity index (χ0n) is 7.23. The molecule has 1 rings (SSSR count). The third kappa shape index (κ3) is 2.86. The molecule has 0 saturated heterocycles. The summed E-state index contributed by atoms with van der Waals surface area (Å²) in [4.78, 5) is 3.31. The first-order valence-electron chi connectivity index (χ1n) is 3.69. The van der Waals surface area contributed by atoms with E-state index in [-0.39, 0.29) is 5.56 Å². The first-order chi connectivity index (χ1) is 6.42. The number of nitrogens with zero attached hydrogens (tertiary/aromatic N) is 1. The second-order valence-electron chi connectivity index (χ2n) is 2.63. The van der Waals surface area contributed by atoms with E-state index in [1.807, 2.05) is 0 Å². The van der Waals surface area contributed by atoms with Gasteiger partial charge in [-0.15, -0.1) is 13.2 Å². The number of rotatable bonds is 2. The van der Waals surface area contributed by atoms with Crippen molar-refractivity contribution in [3.8, 4) is 5.88 Å². The smallest absolute Gasteiger partial charge is 0.388 e. The average Bonchev–Trinajstić information content (AvgIpc) is 2.01. The van der Waals surface area contributed by atoms with Crippen molar-refractivity contribution in [2.24, 2.45) is 0 Å². The monoisotopic (exact) mass is 209 g/mol. The van der Waals surface area contributed by atoms with Crippen molar-refractivity contribution in [3.63, 3.8) is 0 Å². The van der Waals surface area contributed by atoms with Gasteiger partial charge in [0.05, 0.1) is 0 Å². The van der Waals surface area contributed by atoms with Crippen molar-refractivity contribution in [2.45, 2.75) is 20.0 Å². The van der Waals surface area contributed by atoms with Gasteiger partial charge in [0.1, 0.15) is 6.67 Å². The summed E-state index contributed by atoms with van der Waals surface area (Å²) in [6, 6.07) is 1.04. The fourth-order valence-corrected chi connectivity index (χ4v) is 0.873. The topological polar surface area (TPSA) is 22.1 Å². The van der Waals surface area contributed by atoms with E-state index in [1.165, 1.54) is 6.92 Å². The van der Waals surface area contributed by atoms with Crippen LogP contribution in [-0.4, -0.2) is 11.3 Å². The zero-order valence-corrected chi connectivity index (χ0v) is 7.23. The van der Waals surface area contributed by atoms with Crippen LogP contribution in [0.25, 0.3) is 0 Å². The first kappa shape index (κ1) is 10.7. The second-order valence-corrected chi connectivity index (χ2v) is 2.63. The van der Waals surface area contributed by atoms with Gasteiger partial charge in [-0.1, -0.05) is 0 Å². The van der Waals surface area contributed by atoms with E-state index in [4.69, 9.17) is 0 Å². The maximum Gasteiger partial charge on any atom is 0.574 e. The predicted octanol–water partition coefficient (Wildman–Crippen LogP) is 2.76. The Hall–Kier alpha value is -1.33. The van der Waals surface area contributed by atoms with Gasteiger partial charge in [0, 0.05) is 17.8 Å². The molecular formula is C8H7F4NO. The Balaban J connectivity index is 2.87. The molecule has 0 atom stereocenters. The number of pyridine rings is 1. The highest BCUT2D eigenvalue weighted by Crippen LogP contribution is 2.22. The average molecular weight is 209 g/mol. The van der Waals surface area contributed by atoms with E-state index in [0.717, 1.165) is 12.3 Å². The fourth-order valence-electron chi connectivity index (χ4n) is 0.873. The molecule has 0 aromatic carbocycles. The summed E-state index contributed by atoms with van der Waals surface area (Å²) in [5.41, 5.74) is 0.626. The number of alkyl halides is 4. The van der Waals surface area contributed by atoms with Crippen molar-refractivity contribution in [1.29, 1.82) is 0 Å². The third-order valence-corrected chi connectivity index (χ3v) is 1.56. The summed E-state index contributed by atoms with van der Waals surface area (Å²) in [6.07, 6.45) is -3.74. The van der Waals surface area contributed by atoms with Crippen LogP contribution in [-0.2, 0) is 6.67 Å². The zero-order chi connectivity index (χ0) is 10.8. The van der Waals surface area contributed by atoms with Crippen LogP contribution in [0.3, 0.4) is 0 Å². The molecule has 78 valence electrons. The summed E-state index contributed by atoms with van der Waals surface area (Å²) in [5, 5.41) is 0. The van der Waals surface area contributed by atoms with Gasteiger partial charge in [0.15, 0.2) is 0 Å². The molecule has 1 aromatic heterocycles. The lowest BCUT2D eigenvalue weighted by Crippen LogP contribution is -2.18. The van der Waals surface area contributed by atoms with Crippen LogP contribution in [0.5, 0.6) is 5.88 Å². The predicted molar refractivity (Wildman–Crippen MR) is 40.5 cm³/mol. The molecule has 0 fully saturated rings. The van der Waals surface area contributed by atoms with Gasteiger partial charge in [-0.05, 0) is 12.5 Å². The number of halogens is 4. The van der Waals surface area contributed by atoms with E-state index in [9.17, 15) is 17.6 Å². The molecular weight excluding hydrogens is 202 g/mol. The van der Waals surface area contributed by atoms with Crippen LogP contribution >= 0.6 is 0 Å². The van der Waals surface area contributed by atoms with Crippen LogP contribution in [0.4, 0.5) is 17.6 Å². The molecule has 0 spiro atoms. The van der Waals surface area contributed by atoms with Crippen molar-refractivity contribution in [1.82, 2.24) is 4.98 Å². The number of aryl methyl sites for hydroxylation is 1. The normalized spacial score (nSPS) is 11.5. The summed E-state index contributed by atoms with van der Waals surface area (Å²) in [6.45, 7) is 0.727. The van der Waals surface area contributed by atoms with Crippen molar-refractivity contribution < 1.29 is 22.3 Å². The van der Waals surface area contributed by atoms with E-state index in [0.29, 0.717) is 5.56 Å². The van der Waals surface area contributed by atoms with E-state index < -0.39 is 18.9 Å². The van der Waals surface area contributed by atoms with Crippen molar-refractivity contribution >= 4 is 0 Å². The molecule has 0 aliphatic rings. The minimum absolute atomic E-state index is 0.250. The third-order valence-electron chi connectivity index (χ3n) is 1.56. The van der Waals surface area contributed by atoms with E-state index in [2.05, 4.69) is 9.72 Å². The van der Waals surface area contributed by atoms with E-state index >= 15 is 0 Å². The summed E-state index contributed by atoms with van der Waals surface area (Å²) in [5.74, 6) is -0.577. The highest BCUT2D eigenvalue weighted by atomic mass is 19.4. The lowest BCUT2D eigenvalue weighted by molar-refractivity contribution is -0.276. The molecule has 0 saturated carbocycles. The SMILES string of the molecule is Cc1cc(OC(F)(F)F)ncc1CF. The quantitative estimate of drug-likeness (QED) is 0.698. The maximum atomic E-state index is 12.2. The molecule has 0 N–H and O–H groups in total. The lowest BCUT2D eigenvalue weighted by atomic mass is 10.2. The van der Waals surface area contributed by atoms with Crippen LogP contribution in [0.15, 0.2) is 12.3 Å². The van der Waals surface area contributed by atoms with Crippen molar-refractivity contribution in [3.05, 3.63) is 23.4 Å². The lowest BCUT2D eigenvalue weighted by Gasteiger charge is -2.09. The first-order valence-corrected chi connectivity index (χ1v) is 3.69. The fraction of sp³-hybridized carbons (Fsp3) is 0.375. The van der Waals surface area contributed by atoms with E-state index in [1.54, 1.807) is 0 Å². The highest BCUT2D eigenvalue weighted by molar-refractivity contribution is 5.27. The van der Waals surface area contributed by atoms with Gasteiger partial charge in [0.25, 0.3) is 0 Å². The maximum absolute atomic E-state index is 12.2. The number of hydrogen-bond donors (Lipinski definition) is 0. The second kappa shape index (κ2) is 3.81. The van der Waals surface area contributed by atoms with Gasteiger partial charge in [-0.2, -0.15) is 0 Å². The Labute approximate surface area is 77.5 Å². The highest BCUT2D eigenvalue weighted by Gasteiger charge is 2.31. The molecule has 14 heavy (non-hydrogen) atoms. The minimum atomic E-state index is -4.77. The van der Waals surface area contributed by atoms with Gasteiger partial charge >= 0.3 is 6.36 Å². The van der Waals surface area contributed by atoms with Gasteiger partial charge in [0.2, 0.25) is 5.88 Å². The summed E-state index contributed by atoms with van der Waals surface area (Å²) in [7, 11) is 0. The molecule has 1 aromatic rings. The number of ether oxygens (including phenoxy) is 1. The summed E-state index contributed by atoms with van der Waals surface area (Å²) < 4.78 is 50.9. The molecule has 0 bridgehead atoms. The Morgan fingerprint density at radius 2 is 2.07 bits per heavy atom. The van der Waals surface area contributed by atoms with Gasteiger partial charge in [-0.3, -0.25) is 0 Å². The molecule has 0 aliphatic heterocycles. The Kier molecular flexibility index (Phi) is 2.93. The van der Waals surface area contributed by atoms with Crippen LogP contribution in [0.1, 0.15) is 11.1 Å². The Bertz CT molecular complexity index is 324. The van der Waals surface area contributed by atoms with Gasteiger partial charge in [-0.25, -0.2) is 9.37 Å². The van der Waals surface area contributed by atoms with Crippen LogP contribution in [0, 0.1) is 6.92 Å². The largest absolute Gasteiger partial charge is 0.574 e. The number of hydrogen-bond acceptors (Lipinski definition) is 2.